The maximum atomic E-state index is 11.6. The number of hydrogen-bond donors (Lipinski definition) is 1. The quantitative estimate of drug-likeness (QED) is 0.789. The molecule has 0 unspecified atom stereocenters. The van der Waals surface area contributed by atoms with Crippen LogP contribution in [0.5, 0.6) is 0 Å². The molecule has 4 heteroatoms. The number of carbonyl (C=O) groups excluding carboxylic acids is 1. The summed E-state index contributed by atoms with van der Waals surface area (Å²) in [6.07, 6.45) is 6.07. The number of aliphatic hydroxyl groups excluding tert-OH is 1. The first-order valence-corrected chi connectivity index (χ1v) is 6.99. The molecule has 0 aromatic rings. The van der Waals surface area contributed by atoms with Crippen molar-refractivity contribution in [3.8, 4) is 0 Å². The lowest BCUT2D eigenvalue weighted by atomic mass is 9.93. The number of carbonyl (C=O) groups is 1. The van der Waals surface area contributed by atoms with Crippen LogP contribution >= 0.6 is 0 Å². The Morgan fingerprint density at radius 1 is 1.39 bits per heavy atom. The fourth-order valence-corrected chi connectivity index (χ4v) is 2.52. The number of amides is 1. The molecule has 0 aromatic heterocycles. The second-order valence-corrected chi connectivity index (χ2v) is 5.66. The first-order valence-electron chi connectivity index (χ1n) is 6.99. The standard InChI is InChI=1S/C14H27NO3/c1-11(10-14(17)15(2)3)9-13-6-4-5-12(18-13)7-8-16/h11-13,16H,4-10H2,1-3H3/t11-,12+,13+/m1/s1. The number of aliphatic hydroxyl groups is 1. The topological polar surface area (TPSA) is 49.8 Å². The zero-order valence-corrected chi connectivity index (χ0v) is 11.9. The van der Waals surface area contributed by atoms with Gasteiger partial charge in [-0.25, -0.2) is 0 Å². The highest BCUT2D eigenvalue weighted by molar-refractivity contribution is 5.75. The molecule has 4 nitrogen and oxygen atoms in total. The van der Waals surface area contributed by atoms with Crippen LogP contribution in [0.4, 0.5) is 0 Å². The Kier molecular flexibility index (Phi) is 6.65. The molecule has 1 aliphatic heterocycles. The Hall–Kier alpha value is -0.610. The number of hydrogen-bond acceptors (Lipinski definition) is 3. The fourth-order valence-electron chi connectivity index (χ4n) is 2.52. The summed E-state index contributed by atoms with van der Waals surface area (Å²) >= 11 is 0. The van der Waals surface area contributed by atoms with Gasteiger partial charge in [-0.15, -0.1) is 0 Å². The van der Waals surface area contributed by atoms with Crippen molar-refractivity contribution in [1.82, 2.24) is 4.90 Å². The largest absolute Gasteiger partial charge is 0.396 e. The summed E-state index contributed by atoms with van der Waals surface area (Å²) in [5.41, 5.74) is 0. The Labute approximate surface area is 110 Å². The summed E-state index contributed by atoms with van der Waals surface area (Å²) in [6, 6.07) is 0. The molecule has 1 aliphatic rings. The van der Waals surface area contributed by atoms with Crippen molar-refractivity contribution in [1.29, 1.82) is 0 Å². The van der Waals surface area contributed by atoms with Crippen LogP contribution in [0, 0.1) is 5.92 Å². The van der Waals surface area contributed by atoms with Crippen molar-refractivity contribution < 1.29 is 14.6 Å². The zero-order valence-electron chi connectivity index (χ0n) is 11.9. The van der Waals surface area contributed by atoms with Gasteiger partial charge < -0.3 is 14.7 Å². The summed E-state index contributed by atoms with van der Waals surface area (Å²) in [4.78, 5) is 13.3. The van der Waals surface area contributed by atoms with E-state index in [1.165, 1.54) is 6.42 Å². The third kappa shape index (κ3) is 5.36. The van der Waals surface area contributed by atoms with Crippen LogP contribution in [0.1, 0.15) is 45.4 Å². The van der Waals surface area contributed by atoms with E-state index in [0.717, 1.165) is 25.7 Å². The molecule has 1 fully saturated rings. The van der Waals surface area contributed by atoms with Gasteiger partial charge in [0.2, 0.25) is 5.91 Å². The Morgan fingerprint density at radius 2 is 2.06 bits per heavy atom. The average Bonchev–Trinajstić information content (AvgIpc) is 2.29. The molecule has 1 amide bonds. The molecule has 1 rings (SSSR count). The van der Waals surface area contributed by atoms with Gasteiger partial charge >= 0.3 is 0 Å². The second-order valence-electron chi connectivity index (χ2n) is 5.66. The highest BCUT2D eigenvalue weighted by atomic mass is 16.5. The molecule has 0 spiro atoms. The minimum absolute atomic E-state index is 0.185. The van der Waals surface area contributed by atoms with E-state index in [4.69, 9.17) is 9.84 Å². The Morgan fingerprint density at radius 3 is 2.67 bits per heavy atom. The van der Waals surface area contributed by atoms with Crippen molar-refractivity contribution in [2.24, 2.45) is 5.92 Å². The third-order valence-corrected chi connectivity index (χ3v) is 3.58. The molecule has 0 aromatic carbocycles. The van der Waals surface area contributed by atoms with Gasteiger partial charge in [0.05, 0.1) is 12.2 Å². The first kappa shape index (κ1) is 15.4. The van der Waals surface area contributed by atoms with E-state index < -0.39 is 0 Å². The van der Waals surface area contributed by atoms with Crippen LogP contribution in [0.15, 0.2) is 0 Å². The van der Waals surface area contributed by atoms with Crippen molar-refractivity contribution in [3.05, 3.63) is 0 Å². The van der Waals surface area contributed by atoms with Crippen LogP contribution in [-0.2, 0) is 9.53 Å². The molecule has 0 saturated carbocycles. The molecule has 0 bridgehead atoms. The van der Waals surface area contributed by atoms with Gasteiger partial charge in [-0.3, -0.25) is 4.79 Å². The summed E-state index contributed by atoms with van der Waals surface area (Å²) in [6.45, 7) is 2.31. The van der Waals surface area contributed by atoms with Crippen molar-refractivity contribution in [2.45, 2.75) is 57.7 Å². The van der Waals surface area contributed by atoms with E-state index in [9.17, 15) is 4.79 Å². The van der Waals surface area contributed by atoms with E-state index >= 15 is 0 Å². The maximum Gasteiger partial charge on any atom is 0.222 e. The minimum Gasteiger partial charge on any atom is -0.396 e. The summed E-state index contributed by atoms with van der Waals surface area (Å²) in [5, 5.41) is 8.94. The van der Waals surface area contributed by atoms with Crippen LogP contribution in [0.2, 0.25) is 0 Å². The monoisotopic (exact) mass is 257 g/mol. The van der Waals surface area contributed by atoms with Gasteiger partial charge in [-0.2, -0.15) is 0 Å². The summed E-state index contributed by atoms with van der Waals surface area (Å²) in [5.74, 6) is 0.544. The molecule has 1 N–H and O–H groups in total. The van der Waals surface area contributed by atoms with Gasteiger partial charge in [-0.05, 0) is 38.0 Å². The lowest BCUT2D eigenvalue weighted by Crippen LogP contribution is -2.31. The zero-order chi connectivity index (χ0) is 13.5. The van der Waals surface area contributed by atoms with Gasteiger partial charge in [-0.1, -0.05) is 6.92 Å². The Balaban J connectivity index is 2.30. The van der Waals surface area contributed by atoms with E-state index in [2.05, 4.69) is 6.92 Å². The van der Waals surface area contributed by atoms with Crippen LogP contribution in [-0.4, -0.2) is 48.8 Å². The average molecular weight is 257 g/mol. The van der Waals surface area contributed by atoms with Gasteiger partial charge in [0, 0.05) is 27.1 Å². The van der Waals surface area contributed by atoms with Crippen LogP contribution < -0.4 is 0 Å². The van der Waals surface area contributed by atoms with Crippen LogP contribution in [0.3, 0.4) is 0 Å². The lowest BCUT2D eigenvalue weighted by Gasteiger charge is -2.31. The smallest absolute Gasteiger partial charge is 0.222 e. The number of nitrogens with zero attached hydrogens (tertiary/aromatic N) is 1. The van der Waals surface area contributed by atoms with Gasteiger partial charge in [0.25, 0.3) is 0 Å². The van der Waals surface area contributed by atoms with E-state index in [1.807, 2.05) is 0 Å². The molecule has 106 valence electrons. The normalized spacial score (nSPS) is 25.8. The first-order chi connectivity index (χ1) is 8.52. The fraction of sp³-hybridized carbons (Fsp3) is 0.929. The van der Waals surface area contributed by atoms with Gasteiger partial charge in [0.15, 0.2) is 0 Å². The third-order valence-electron chi connectivity index (χ3n) is 3.58. The second kappa shape index (κ2) is 7.74. The molecule has 0 aliphatic carbocycles. The molecule has 1 saturated heterocycles. The predicted octanol–water partition coefficient (Wildman–Crippen LogP) is 1.81. The predicted molar refractivity (Wildman–Crippen MR) is 71.3 cm³/mol. The molecule has 0 radical (unpaired) electrons. The van der Waals surface area contributed by atoms with Crippen molar-refractivity contribution in [2.75, 3.05) is 20.7 Å². The summed E-state index contributed by atoms with van der Waals surface area (Å²) < 4.78 is 5.95. The molecular formula is C14H27NO3. The van der Waals surface area contributed by atoms with Crippen LogP contribution in [0.25, 0.3) is 0 Å². The lowest BCUT2D eigenvalue weighted by molar-refractivity contribution is -0.130. The van der Waals surface area contributed by atoms with E-state index in [0.29, 0.717) is 12.3 Å². The highest BCUT2D eigenvalue weighted by Gasteiger charge is 2.24. The summed E-state index contributed by atoms with van der Waals surface area (Å²) in [7, 11) is 3.59. The van der Waals surface area contributed by atoms with Gasteiger partial charge in [0.1, 0.15) is 0 Å². The molecule has 3 atom stereocenters. The Bertz CT molecular complexity index is 253. The highest BCUT2D eigenvalue weighted by Crippen LogP contribution is 2.26. The van der Waals surface area contributed by atoms with Crippen molar-refractivity contribution in [3.63, 3.8) is 0 Å². The number of ether oxygens (including phenoxy) is 1. The SMILES string of the molecule is C[C@@H](CC(=O)N(C)C)C[C@@H]1CCC[C@@H](CCO)O1. The molecular weight excluding hydrogens is 230 g/mol. The molecule has 1 heterocycles. The van der Waals surface area contributed by atoms with E-state index in [1.54, 1.807) is 19.0 Å². The number of rotatable bonds is 6. The minimum atomic E-state index is 0.185. The maximum absolute atomic E-state index is 11.6. The molecule has 18 heavy (non-hydrogen) atoms. The van der Waals surface area contributed by atoms with Crippen molar-refractivity contribution >= 4 is 5.91 Å². The van der Waals surface area contributed by atoms with E-state index in [-0.39, 0.29) is 24.7 Å².